The van der Waals surface area contributed by atoms with E-state index in [4.69, 9.17) is 9.47 Å². The Morgan fingerprint density at radius 3 is 2.61 bits per heavy atom. The number of carbonyl (C=O) groups is 1. The van der Waals surface area contributed by atoms with Crippen LogP contribution in [-0.4, -0.2) is 40.3 Å². The molecule has 1 amide bonds. The lowest BCUT2D eigenvalue weighted by atomic mass is 10.0. The van der Waals surface area contributed by atoms with Crippen molar-refractivity contribution in [3.05, 3.63) is 64.1 Å². The van der Waals surface area contributed by atoms with Crippen molar-refractivity contribution < 1.29 is 14.3 Å². The maximum absolute atomic E-state index is 13.8. The third kappa shape index (κ3) is 4.08. The van der Waals surface area contributed by atoms with Crippen molar-refractivity contribution in [2.45, 2.75) is 45.7 Å². The minimum atomic E-state index is -0.156. The van der Waals surface area contributed by atoms with E-state index in [-0.39, 0.29) is 23.4 Å². The zero-order valence-electron chi connectivity index (χ0n) is 19.1. The number of rotatable bonds is 4. The van der Waals surface area contributed by atoms with Crippen molar-refractivity contribution in [1.29, 1.82) is 0 Å². The number of ether oxygens (including phenoxy) is 2. The summed E-state index contributed by atoms with van der Waals surface area (Å²) in [5, 5.41) is 5.70. The fourth-order valence-corrected chi connectivity index (χ4v) is 4.74. The standard InChI is InChI=1S/C26H29N3O4/c1-17(2)16-29-25(30)20-8-4-3-7-19(20)24(27-29)26(31)28-12-5-9-21(28)18-10-11-22-23(15-18)33-14-6-13-32-22/h3-4,7-8,10-11,15,17,21H,5-6,9,12-14,16H2,1-2H3. The Morgan fingerprint density at radius 2 is 1.82 bits per heavy atom. The molecular weight excluding hydrogens is 418 g/mol. The third-order valence-corrected chi connectivity index (χ3v) is 6.28. The van der Waals surface area contributed by atoms with Crippen LogP contribution >= 0.6 is 0 Å². The number of carbonyl (C=O) groups excluding carboxylic acids is 1. The summed E-state index contributed by atoms with van der Waals surface area (Å²) in [6, 6.07) is 13.2. The lowest BCUT2D eigenvalue weighted by Crippen LogP contribution is -2.34. The summed E-state index contributed by atoms with van der Waals surface area (Å²) in [6.45, 7) is 6.45. The highest BCUT2D eigenvalue weighted by Crippen LogP contribution is 2.38. The molecule has 1 fully saturated rings. The first-order valence-corrected chi connectivity index (χ1v) is 11.7. The van der Waals surface area contributed by atoms with E-state index in [9.17, 15) is 9.59 Å². The number of hydrogen-bond acceptors (Lipinski definition) is 5. The second-order valence-corrected chi connectivity index (χ2v) is 9.19. The number of likely N-dealkylation sites (tertiary alicyclic amines) is 1. The first-order valence-electron chi connectivity index (χ1n) is 11.7. The van der Waals surface area contributed by atoms with Gasteiger partial charge >= 0.3 is 0 Å². The van der Waals surface area contributed by atoms with Crippen LogP contribution in [0.25, 0.3) is 10.8 Å². The molecular formula is C26H29N3O4. The molecule has 0 aliphatic carbocycles. The van der Waals surface area contributed by atoms with E-state index >= 15 is 0 Å². The van der Waals surface area contributed by atoms with Crippen LogP contribution in [0.1, 0.15) is 55.2 Å². The Hall–Kier alpha value is -3.35. The molecule has 7 heteroatoms. The van der Waals surface area contributed by atoms with Crippen LogP contribution in [0, 0.1) is 5.92 Å². The van der Waals surface area contributed by atoms with Crippen molar-refractivity contribution in [3.8, 4) is 11.5 Å². The minimum Gasteiger partial charge on any atom is -0.490 e. The molecule has 7 nitrogen and oxygen atoms in total. The molecule has 172 valence electrons. The lowest BCUT2D eigenvalue weighted by molar-refractivity contribution is 0.0728. The molecule has 0 N–H and O–H groups in total. The van der Waals surface area contributed by atoms with Gasteiger partial charge in [0.15, 0.2) is 17.2 Å². The van der Waals surface area contributed by atoms with Crippen LogP contribution in [0.2, 0.25) is 0 Å². The number of nitrogens with zero attached hydrogens (tertiary/aromatic N) is 3. The molecule has 1 unspecified atom stereocenters. The highest BCUT2D eigenvalue weighted by molar-refractivity contribution is 6.05. The maximum Gasteiger partial charge on any atom is 0.275 e. The summed E-state index contributed by atoms with van der Waals surface area (Å²) < 4.78 is 13.1. The van der Waals surface area contributed by atoms with Gasteiger partial charge < -0.3 is 14.4 Å². The SMILES string of the molecule is CC(C)Cn1nc(C(=O)N2CCCC2c2ccc3c(c2)OCCCO3)c2ccccc2c1=O. The van der Waals surface area contributed by atoms with Gasteiger partial charge in [0.1, 0.15) is 0 Å². The number of hydrogen-bond donors (Lipinski definition) is 0. The molecule has 2 aromatic carbocycles. The summed E-state index contributed by atoms with van der Waals surface area (Å²) >= 11 is 0. The predicted molar refractivity (Wildman–Crippen MR) is 126 cm³/mol. The van der Waals surface area contributed by atoms with Crippen LogP contribution < -0.4 is 15.0 Å². The first-order chi connectivity index (χ1) is 16.0. The fraction of sp³-hybridized carbons (Fsp3) is 0.423. The van der Waals surface area contributed by atoms with Gasteiger partial charge in [0, 0.05) is 24.9 Å². The van der Waals surface area contributed by atoms with E-state index in [1.165, 1.54) is 4.68 Å². The van der Waals surface area contributed by atoms with Gasteiger partial charge in [-0.2, -0.15) is 5.10 Å². The fourth-order valence-electron chi connectivity index (χ4n) is 4.74. The van der Waals surface area contributed by atoms with Crippen LogP contribution in [0.15, 0.2) is 47.3 Å². The Kier molecular flexibility index (Phi) is 5.79. The van der Waals surface area contributed by atoms with Crippen molar-refractivity contribution >= 4 is 16.7 Å². The van der Waals surface area contributed by atoms with Crippen LogP contribution in [0.4, 0.5) is 0 Å². The Morgan fingerprint density at radius 1 is 1.06 bits per heavy atom. The number of benzene rings is 2. The van der Waals surface area contributed by atoms with Gasteiger partial charge in [0.05, 0.1) is 24.6 Å². The molecule has 5 rings (SSSR count). The average molecular weight is 448 g/mol. The van der Waals surface area contributed by atoms with Gasteiger partial charge in [-0.3, -0.25) is 9.59 Å². The molecule has 1 aromatic heterocycles. The average Bonchev–Trinajstić information content (AvgIpc) is 3.19. The molecule has 2 aliphatic heterocycles. The van der Waals surface area contributed by atoms with Crippen LogP contribution in [0.3, 0.4) is 0 Å². The Balaban J connectivity index is 1.53. The molecule has 0 spiro atoms. The van der Waals surface area contributed by atoms with Gasteiger partial charge in [-0.25, -0.2) is 4.68 Å². The van der Waals surface area contributed by atoms with E-state index in [0.29, 0.717) is 42.8 Å². The normalized spacial score (nSPS) is 18.0. The second kappa shape index (κ2) is 8.89. The third-order valence-electron chi connectivity index (χ3n) is 6.28. The maximum atomic E-state index is 13.8. The highest BCUT2D eigenvalue weighted by atomic mass is 16.5. The number of aromatic nitrogens is 2. The van der Waals surface area contributed by atoms with Gasteiger partial charge in [0.2, 0.25) is 0 Å². The van der Waals surface area contributed by atoms with Crippen molar-refractivity contribution in [2.24, 2.45) is 5.92 Å². The molecule has 2 aliphatic rings. The van der Waals surface area contributed by atoms with Gasteiger partial charge in [-0.15, -0.1) is 0 Å². The van der Waals surface area contributed by atoms with Gasteiger partial charge in [-0.1, -0.05) is 38.1 Å². The molecule has 0 saturated carbocycles. The molecule has 0 radical (unpaired) electrons. The number of amides is 1. The topological polar surface area (TPSA) is 73.7 Å². The second-order valence-electron chi connectivity index (χ2n) is 9.19. The monoisotopic (exact) mass is 447 g/mol. The summed E-state index contributed by atoms with van der Waals surface area (Å²) in [4.78, 5) is 28.7. The minimum absolute atomic E-state index is 0.0688. The summed E-state index contributed by atoms with van der Waals surface area (Å²) in [7, 11) is 0. The van der Waals surface area contributed by atoms with Crippen LogP contribution in [-0.2, 0) is 6.54 Å². The summed E-state index contributed by atoms with van der Waals surface area (Å²) in [5.74, 6) is 1.58. The quantitative estimate of drug-likeness (QED) is 0.600. The smallest absolute Gasteiger partial charge is 0.275 e. The Labute approximate surface area is 192 Å². The van der Waals surface area contributed by atoms with E-state index in [1.807, 2.05) is 55.1 Å². The van der Waals surface area contributed by atoms with Gasteiger partial charge in [-0.05, 0) is 42.5 Å². The Bertz CT molecular complexity index is 1250. The molecule has 33 heavy (non-hydrogen) atoms. The molecule has 3 aromatic rings. The van der Waals surface area contributed by atoms with E-state index in [0.717, 1.165) is 36.3 Å². The molecule has 0 bridgehead atoms. The predicted octanol–water partition coefficient (Wildman–Crippen LogP) is 4.19. The summed E-state index contributed by atoms with van der Waals surface area (Å²) in [5.41, 5.74) is 1.22. The van der Waals surface area contributed by atoms with Crippen molar-refractivity contribution in [2.75, 3.05) is 19.8 Å². The zero-order chi connectivity index (χ0) is 22.9. The largest absolute Gasteiger partial charge is 0.490 e. The molecule has 1 atom stereocenters. The van der Waals surface area contributed by atoms with E-state index < -0.39 is 0 Å². The molecule has 1 saturated heterocycles. The van der Waals surface area contributed by atoms with E-state index in [1.54, 1.807) is 6.07 Å². The molecule has 3 heterocycles. The first kappa shape index (κ1) is 21.5. The van der Waals surface area contributed by atoms with Crippen molar-refractivity contribution in [1.82, 2.24) is 14.7 Å². The number of fused-ring (bicyclic) bond motifs is 2. The van der Waals surface area contributed by atoms with Crippen LogP contribution in [0.5, 0.6) is 11.5 Å². The van der Waals surface area contributed by atoms with E-state index in [2.05, 4.69) is 5.10 Å². The highest BCUT2D eigenvalue weighted by Gasteiger charge is 2.33. The van der Waals surface area contributed by atoms with Gasteiger partial charge in [0.25, 0.3) is 11.5 Å². The van der Waals surface area contributed by atoms with Crippen molar-refractivity contribution in [3.63, 3.8) is 0 Å². The summed E-state index contributed by atoms with van der Waals surface area (Å²) in [6.07, 6.45) is 2.63. The lowest BCUT2D eigenvalue weighted by Gasteiger charge is -2.26. The zero-order valence-corrected chi connectivity index (χ0v) is 19.1.